The van der Waals surface area contributed by atoms with Gasteiger partial charge in [-0.05, 0) is 41.0 Å². The second kappa shape index (κ2) is 10.3. The van der Waals surface area contributed by atoms with Gasteiger partial charge in [-0.15, -0.1) is 0 Å². The van der Waals surface area contributed by atoms with Crippen LogP contribution in [0.15, 0.2) is 48.5 Å². The average molecular weight is 465 g/mol. The average Bonchev–Trinajstić information content (AvgIpc) is 3.40. The van der Waals surface area contributed by atoms with Gasteiger partial charge in [-0.3, -0.25) is 9.59 Å². The Morgan fingerprint density at radius 1 is 1.00 bits per heavy atom. The van der Waals surface area contributed by atoms with Crippen molar-refractivity contribution >= 4 is 18.0 Å². The number of alkyl carbamates (subject to hydrolysis) is 1. The standard InChI is InChI=1S/C27H32N2O5/c1-16(2)22(25(30)29-24-13-7-12-21(24)26(31)32)14-28-27(33)34-15-23-19-10-5-3-8-17(19)18-9-4-6-11-20(18)23/h3-6,8-11,16,21-24H,7,12-15H2,1-2H3,(H,28,33)(H,29,30)(H,31,32). The molecule has 34 heavy (non-hydrogen) atoms. The number of carboxylic acid groups (broad SMARTS) is 1. The van der Waals surface area contributed by atoms with Gasteiger partial charge in [0.2, 0.25) is 5.91 Å². The molecule has 2 amide bonds. The summed E-state index contributed by atoms with van der Waals surface area (Å²) in [6.07, 6.45) is 1.45. The van der Waals surface area contributed by atoms with Crippen molar-refractivity contribution in [1.29, 1.82) is 0 Å². The summed E-state index contributed by atoms with van der Waals surface area (Å²) < 4.78 is 5.57. The maximum absolute atomic E-state index is 12.9. The molecule has 2 aliphatic rings. The van der Waals surface area contributed by atoms with E-state index in [1.807, 2.05) is 38.1 Å². The van der Waals surface area contributed by atoms with Crippen LogP contribution in [0.5, 0.6) is 0 Å². The van der Waals surface area contributed by atoms with Gasteiger partial charge in [0.1, 0.15) is 6.61 Å². The minimum atomic E-state index is -0.874. The quantitative estimate of drug-likeness (QED) is 0.544. The first kappa shape index (κ1) is 23.8. The van der Waals surface area contributed by atoms with Gasteiger partial charge in [0.05, 0.1) is 11.8 Å². The van der Waals surface area contributed by atoms with Crippen molar-refractivity contribution in [1.82, 2.24) is 10.6 Å². The predicted molar refractivity (Wildman–Crippen MR) is 128 cm³/mol. The molecule has 180 valence electrons. The minimum Gasteiger partial charge on any atom is -0.481 e. The minimum absolute atomic E-state index is 0.0291. The topological polar surface area (TPSA) is 105 Å². The number of rotatable bonds is 8. The molecule has 0 bridgehead atoms. The molecule has 0 radical (unpaired) electrons. The third-order valence-corrected chi connectivity index (χ3v) is 7.11. The van der Waals surface area contributed by atoms with Crippen LogP contribution in [0, 0.1) is 17.8 Å². The molecule has 1 fully saturated rings. The van der Waals surface area contributed by atoms with Crippen molar-refractivity contribution in [3.63, 3.8) is 0 Å². The van der Waals surface area contributed by atoms with Gasteiger partial charge in [-0.1, -0.05) is 68.8 Å². The van der Waals surface area contributed by atoms with Crippen molar-refractivity contribution in [3.05, 3.63) is 59.7 Å². The summed E-state index contributed by atoms with van der Waals surface area (Å²) in [5.41, 5.74) is 4.60. The van der Waals surface area contributed by atoms with E-state index in [0.717, 1.165) is 28.7 Å². The molecule has 0 spiro atoms. The number of carbonyl (C=O) groups is 3. The molecule has 3 unspecified atom stereocenters. The third kappa shape index (κ3) is 4.93. The van der Waals surface area contributed by atoms with Crippen LogP contribution in [0.1, 0.15) is 50.2 Å². The number of ether oxygens (including phenoxy) is 1. The second-order valence-electron chi connectivity index (χ2n) is 9.55. The number of hydrogen-bond acceptors (Lipinski definition) is 4. The molecule has 3 atom stereocenters. The third-order valence-electron chi connectivity index (χ3n) is 7.11. The van der Waals surface area contributed by atoms with Gasteiger partial charge in [-0.25, -0.2) is 4.79 Å². The molecule has 0 heterocycles. The van der Waals surface area contributed by atoms with Crippen molar-refractivity contribution in [2.24, 2.45) is 17.8 Å². The molecule has 0 aliphatic heterocycles. The summed E-state index contributed by atoms with van der Waals surface area (Å²) in [7, 11) is 0. The molecule has 4 rings (SSSR count). The highest BCUT2D eigenvalue weighted by molar-refractivity contribution is 5.82. The van der Waals surface area contributed by atoms with Crippen LogP contribution in [-0.4, -0.2) is 42.3 Å². The first-order valence-corrected chi connectivity index (χ1v) is 12.0. The fourth-order valence-corrected chi connectivity index (χ4v) is 5.19. The number of benzene rings is 2. The molecule has 1 saturated carbocycles. The smallest absolute Gasteiger partial charge is 0.407 e. The van der Waals surface area contributed by atoms with Crippen molar-refractivity contribution in [3.8, 4) is 11.1 Å². The van der Waals surface area contributed by atoms with Crippen LogP contribution in [-0.2, 0) is 14.3 Å². The second-order valence-corrected chi connectivity index (χ2v) is 9.55. The van der Waals surface area contributed by atoms with Crippen molar-refractivity contribution in [2.75, 3.05) is 13.2 Å². The summed E-state index contributed by atoms with van der Waals surface area (Å²) in [5.74, 6) is -2.19. The molecule has 0 aromatic heterocycles. The van der Waals surface area contributed by atoms with E-state index in [9.17, 15) is 19.5 Å². The zero-order valence-electron chi connectivity index (χ0n) is 19.6. The van der Waals surface area contributed by atoms with E-state index in [1.165, 1.54) is 0 Å². The van der Waals surface area contributed by atoms with Crippen LogP contribution in [0.3, 0.4) is 0 Å². The molecule has 3 N–H and O–H groups in total. The lowest BCUT2D eigenvalue weighted by Crippen LogP contribution is -2.47. The van der Waals surface area contributed by atoms with Crippen LogP contribution >= 0.6 is 0 Å². The Labute approximate surface area is 199 Å². The summed E-state index contributed by atoms with van der Waals surface area (Å²) in [4.78, 5) is 36.8. The summed E-state index contributed by atoms with van der Waals surface area (Å²) >= 11 is 0. The molecule has 0 saturated heterocycles. The van der Waals surface area contributed by atoms with E-state index in [-0.39, 0.29) is 36.9 Å². The van der Waals surface area contributed by atoms with Gasteiger partial charge in [0.15, 0.2) is 0 Å². The summed E-state index contributed by atoms with van der Waals surface area (Å²) in [5, 5.41) is 15.0. The number of amides is 2. The van der Waals surface area contributed by atoms with Crippen molar-refractivity contribution in [2.45, 2.75) is 45.1 Å². The largest absolute Gasteiger partial charge is 0.481 e. The lowest BCUT2D eigenvalue weighted by molar-refractivity contribution is -0.142. The normalized spacial score (nSPS) is 19.9. The van der Waals surface area contributed by atoms with Crippen LogP contribution in [0.25, 0.3) is 11.1 Å². The Kier molecular flexibility index (Phi) is 7.20. The molecular formula is C27H32N2O5. The van der Waals surface area contributed by atoms with Crippen LogP contribution in [0.4, 0.5) is 4.79 Å². The Morgan fingerprint density at radius 3 is 2.21 bits per heavy atom. The lowest BCUT2D eigenvalue weighted by Gasteiger charge is -2.25. The molecular weight excluding hydrogens is 432 g/mol. The fraction of sp³-hybridized carbons (Fsp3) is 0.444. The van der Waals surface area contributed by atoms with Crippen molar-refractivity contribution < 1.29 is 24.2 Å². The first-order chi connectivity index (χ1) is 16.4. The van der Waals surface area contributed by atoms with Gasteiger partial charge < -0.3 is 20.5 Å². The number of fused-ring (bicyclic) bond motifs is 3. The maximum atomic E-state index is 12.9. The highest BCUT2D eigenvalue weighted by atomic mass is 16.5. The van der Waals surface area contributed by atoms with E-state index in [0.29, 0.717) is 12.8 Å². The van der Waals surface area contributed by atoms with E-state index in [1.54, 1.807) is 0 Å². The van der Waals surface area contributed by atoms with E-state index in [4.69, 9.17) is 4.74 Å². The SMILES string of the molecule is CC(C)C(CNC(=O)OCC1c2ccccc2-c2ccccc21)C(=O)NC1CCCC1C(=O)O. The predicted octanol–water partition coefficient (Wildman–Crippen LogP) is 4.17. The van der Waals surface area contributed by atoms with Gasteiger partial charge in [-0.2, -0.15) is 0 Å². The monoisotopic (exact) mass is 464 g/mol. The number of carboxylic acids is 1. The van der Waals surface area contributed by atoms with Crippen LogP contribution in [0.2, 0.25) is 0 Å². The molecule has 2 aromatic rings. The molecule has 2 aromatic carbocycles. The number of nitrogens with one attached hydrogen (secondary N) is 2. The Balaban J connectivity index is 1.33. The zero-order chi connectivity index (χ0) is 24.2. The Morgan fingerprint density at radius 2 is 1.62 bits per heavy atom. The summed E-state index contributed by atoms with van der Waals surface area (Å²) in [6.45, 7) is 4.16. The first-order valence-electron chi connectivity index (χ1n) is 12.0. The van der Waals surface area contributed by atoms with E-state index >= 15 is 0 Å². The summed E-state index contributed by atoms with van der Waals surface area (Å²) in [6, 6.07) is 15.9. The van der Waals surface area contributed by atoms with Gasteiger partial charge in [0.25, 0.3) is 0 Å². The molecule has 2 aliphatic carbocycles. The maximum Gasteiger partial charge on any atom is 0.407 e. The highest BCUT2D eigenvalue weighted by Gasteiger charge is 2.36. The Bertz CT molecular complexity index is 1020. The van der Waals surface area contributed by atoms with Gasteiger partial charge in [0, 0.05) is 18.5 Å². The van der Waals surface area contributed by atoms with E-state index in [2.05, 4.69) is 34.9 Å². The van der Waals surface area contributed by atoms with Gasteiger partial charge >= 0.3 is 12.1 Å². The number of aliphatic carboxylic acids is 1. The molecule has 7 nitrogen and oxygen atoms in total. The number of carbonyl (C=O) groups excluding carboxylic acids is 2. The van der Waals surface area contributed by atoms with E-state index < -0.39 is 23.9 Å². The lowest BCUT2D eigenvalue weighted by atomic mass is 9.93. The fourth-order valence-electron chi connectivity index (χ4n) is 5.19. The number of hydrogen-bond donors (Lipinski definition) is 3. The van der Waals surface area contributed by atoms with Crippen LogP contribution < -0.4 is 10.6 Å². The highest BCUT2D eigenvalue weighted by Crippen LogP contribution is 2.44. The zero-order valence-corrected chi connectivity index (χ0v) is 19.6. The Hall–Kier alpha value is -3.35. The molecule has 7 heteroatoms.